The summed E-state index contributed by atoms with van der Waals surface area (Å²) in [6.07, 6.45) is 1.68. The zero-order chi connectivity index (χ0) is 13.7. The number of hydrogen-bond acceptors (Lipinski definition) is 3. The van der Waals surface area contributed by atoms with Gasteiger partial charge in [0.1, 0.15) is 12.4 Å². The number of nitrogens with zero attached hydrogens (tertiary/aromatic N) is 1. The fourth-order valence-electron chi connectivity index (χ4n) is 2.52. The Balaban J connectivity index is 1.79. The van der Waals surface area contributed by atoms with Crippen LogP contribution < -0.4 is 4.74 Å². The normalized spacial score (nSPS) is 17.9. The number of para-hydroxylation sites is 1. The number of benzene rings is 1. The van der Waals surface area contributed by atoms with Crippen molar-refractivity contribution in [3.63, 3.8) is 0 Å². The van der Waals surface area contributed by atoms with Crippen LogP contribution in [0, 0.1) is 0 Å². The van der Waals surface area contributed by atoms with Gasteiger partial charge in [0.15, 0.2) is 0 Å². The number of hydrogen-bond donors (Lipinski definition) is 1. The van der Waals surface area contributed by atoms with E-state index in [0.29, 0.717) is 5.92 Å². The Kier molecular flexibility index (Phi) is 5.23. The maximum atomic E-state index is 9.47. The second kappa shape index (κ2) is 6.92. The van der Waals surface area contributed by atoms with Crippen molar-refractivity contribution < 1.29 is 9.84 Å². The first-order valence-electron chi connectivity index (χ1n) is 7.29. The van der Waals surface area contributed by atoms with Crippen LogP contribution in [-0.4, -0.2) is 42.4 Å². The van der Waals surface area contributed by atoms with E-state index in [2.05, 4.69) is 36.9 Å². The van der Waals surface area contributed by atoms with Gasteiger partial charge in [0.05, 0.1) is 6.10 Å². The van der Waals surface area contributed by atoms with E-state index >= 15 is 0 Å². The summed E-state index contributed by atoms with van der Waals surface area (Å²) in [6, 6.07) is 8.28. The average molecular weight is 263 g/mol. The van der Waals surface area contributed by atoms with Gasteiger partial charge in [-0.15, -0.1) is 0 Å². The van der Waals surface area contributed by atoms with Gasteiger partial charge in [0.2, 0.25) is 0 Å². The largest absolute Gasteiger partial charge is 0.492 e. The molecule has 1 aromatic carbocycles. The number of aliphatic hydroxyl groups excluding tert-OH is 1. The monoisotopic (exact) mass is 263 g/mol. The van der Waals surface area contributed by atoms with E-state index in [9.17, 15) is 5.11 Å². The molecule has 1 saturated heterocycles. The Bertz CT molecular complexity index is 384. The van der Waals surface area contributed by atoms with E-state index in [1.165, 1.54) is 5.56 Å². The summed E-state index contributed by atoms with van der Waals surface area (Å²) in [5.74, 6) is 1.50. The second-order valence-electron chi connectivity index (χ2n) is 5.61. The molecule has 106 valence electrons. The predicted molar refractivity (Wildman–Crippen MR) is 77.7 cm³/mol. The summed E-state index contributed by atoms with van der Waals surface area (Å²) in [5, 5.41) is 9.47. The molecule has 1 aromatic rings. The van der Waals surface area contributed by atoms with Gasteiger partial charge in [-0.2, -0.15) is 0 Å². The summed E-state index contributed by atoms with van der Waals surface area (Å²) < 4.78 is 5.92. The first-order valence-corrected chi connectivity index (χ1v) is 7.29. The highest BCUT2D eigenvalue weighted by molar-refractivity contribution is 5.35. The molecule has 3 heteroatoms. The molecule has 0 bridgehead atoms. The molecule has 0 radical (unpaired) electrons. The van der Waals surface area contributed by atoms with Crippen LogP contribution in [-0.2, 0) is 0 Å². The van der Waals surface area contributed by atoms with Gasteiger partial charge in [-0.3, -0.25) is 4.90 Å². The lowest BCUT2D eigenvalue weighted by atomic mass is 10.0. The predicted octanol–water partition coefficient (Wildman–Crippen LogP) is 2.65. The average Bonchev–Trinajstić information content (AvgIpc) is 2.41. The molecule has 0 aliphatic carbocycles. The molecule has 1 aliphatic heterocycles. The fraction of sp³-hybridized carbons (Fsp3) is 0.625. The standard InChI is InChI=1S/C16H25NO2/c1-13(2)15-5-3-4-6-16(15)19-12-11-17-9-7-14(18)8-10-17/h3-6,13-14,18H,7-12H2,1-2H3. The third kappa shape index (κ3) is 4.22. The summed E-state index contributed by atoms with van der Waals surface area (Å²) in [4.78, 5) is 2.37. The van der Waals surface area contributed by atoms with Gasteiger partial charge in [0, 0.05) is 19.6 Å². The summed E-state index contributed by atoms with van der Waals surface area (Å²) in [5.41, 5.74) is 1.27. The molecule has 0 spiro atoms. The van der Waals surface area contributed by atoms with Crippen molar-refractivity contribution in [3.8, 4) is 5.75 Å². The van der Waals surface area contributed by atoms with E-state index in [0.717, 1.165) is 44.8 Å². The molecule has 0 aromatic heterocycles. The van der Waals surface area contributed by atoms with Crippen molar-refractivity contribution in [1.29, 1.82) is 0 Å². The van der Waals surface area contributed by atoms with Gasteiger partial charge < -0.3 is 9.84 Å². The summed E-state index contributed by atoms with van der Waals surface area (Å²) in [7, 11) is 0. The molecule has 0 unspecified atom stereocenters. The van der Waals surface area contributed by atoms with Crippen LogP contribution >= 0.6 is 0 Å². The van der Waals surface area contributed by atoms with Crippen LogP contribution in [0.5, 0.6) is 5.75 Å². The van der Waals surface area contributed by atoms with Crippen molar-refractivity contribution >= 4 is 0 Å². The van der Waals surface area contributed by atoms with E-state index in [1.54, 1.807) is 0 Å². The Morgan fingerprint density at radius 3 is 2.63 bits per heavy atom. The Morgan fingerprint density at radius 2 is 1.95 bits per heavy atom. The fourth-order valence-corrected chi connectivity index (χ4v) is 2.52. The Hall–Kier alpha value is -1.06. The van der Waals surface area contributed by atoms with Crippen LogP contribution in [0.4, 0.5) is 0 Å². The van der Waals surface area contributed by atoms with Crippen LogP contribution in [0.15, 0.2) is 24.3 Å². The molecule has 3 nitrogen and oxygen atoms in total. The number of aliphatic hydroxyl groups is 1. The van der Waals surface area contributed by atoms with Gasteiger partial charge in [-0.1, -0.05) is 32.0 Å². The van der Waals surface area contributed by atoms with Gasteiger partial charge in [-0.25, -0.2) is 0 Å². The van der Waals surface area contributed by atoms with Gasteiger partial charge in [0.25, 0.3) is 0 Å². The van der Waals surface area contributed by atoms with Crippen molar-refractivity contribution in [2.24, 2.45) is 0 Å². The first kappa shape index (κ1) is 14.4. The molecule has 1 fully saturated rings. The van der Waals surface area contributed by atoms with Gasteiger partial charge in [-0.05, 0) is 30.4 Å². The van der Waals surface area contributed by atoms with E-state index < -0.39 is 0 Å². The molecule has 2 rings (SSSR count). The molecule has 0 atom stereocenters. The lowest BCUT2D eigenvalue weighted by Crippen LogP contribution is -2.38. The smallest absolute Gasteiger partial charge is 0.122 e. The number of ether oxygens (including phenoxy) is 1. The van der Waals surface area contributed by atoms with Crippen molar-refractivity contribution in [2.75, 3.05) is 26.2 Å². The molecular formula is C16H25NO2. The number of rotatable bonds is 5. The van der Waals surface area contributed by atoms with Crippen molar-refractivity contribution in [1.82, 2.24) is 4.90 Å². The third-order valence-electron chi connectivity index (χ3n) is 3.76. The number of piperidine rings is 1. The van der Waals surface area contributed by atoms with Crippen LogP contribution in [0.3, 0.4) is 0 Å². The minimum atomic E-state index is -0.0983. The van der Waals surface area contributed by atoms with Gasteiger partial charge >= 0.3 is 0 Å². The highest BCUT2D eigenvalue weighted by Crippen LogP contribution is 2.25. The minimum Gasteiger partial charge on any atom is -0.492 e. The second-order valence-corrected chi connectivity index (χ2v) is 5.61. The van der Waals surface area contributed by atoms with Crippen molar-refractivity contribution in [2.45, 2.75) is 38.7 Å². The number of likely N-dealkylation sites (tertiary alicyclic amines) is 1. The maximum absolute atomic E-state index is 9.47. The highest BCUT2D eigenvalue weighted by Gasteiger charge is 2.16. The summed E-state index contributed by atoms with van der Waals surface area (Å²) in [6.45, 7) is 8.01. The minimum absolute atomic E-state index is 0.0983. The zero-order valence-corrected chi connectivity index (χ0v) is 12.0. The van der Waals surface area contributed by atoms with E-state index in [-0.39, 0.29) is 6.10 Å². The maximum Gasteiger partial charge on any atom is 0.122 e. The molecule has 0 amide bonds. The molecular weight excluding hydrogens is 238 g/mol. The quantitative estimate of drug-likeness (QED) is 0.886. The molecule has 19 heavy (non-hydrogen) atoms. The lowest BCUT2D eigenvalue weighted by molar-refractivity contribution is 0.0754. The zero-order valence-electron chi connectivity index (χ0n) is 12.0. The molecule has 0 saturated carbocycles. The van der Waals surface area contributed by atoms with E-state index in [1.807, 2.05) is 6.07 Å². The Morgan fingerprint density at radius 1 is 1.26 bits per heavy atom. The van der Waals surface area contributed by atoms with Crippen LogP contribution in [0.25, 0.3) is 0 Å². The molecule has 1 aliphatic rings. The van der Waals surface area contributed by atoms with E-state index in [4.69, 9.17) is 4.74 Å². The first-order chi connectivity index (χ1) is 9.16. The summed E-state index contributed by atoms with van der Waals surface area (Å²) >= 11 is 0. The van der Waals surface area contributed by atoms with Crippen molar-refractivity contribution in [3.05, 3.63) is 29.8 Å². The Labute approximate surface area is 116 Å². The third-order valence-corrected chi connectivity index (χ3v) is 3.76. The van der Waals surface area contributed by atoms with Crippen LogP contribution in [0.2, 0.25) is 0 Å². The molecule has 1 heterocycles. The highest BCUT2D eigenvalue weighted by atomic mass is 16.5. The SMILES string of the molecule is CC(C)c1ccccc1OCCN1CCC(O)CC1. The van der Waals surface area contributed by atoms with Crippen LogP contribution in [0.1, 0.15) is 38.2 Å². The molecule has 1 N–H and O–H groups in total. The topological polar surface area (TPSA) is 32.7 Å². The lowest BCUT2D eigenvalue weighted by Gasteiger charge is -2.29.